The number of hydrogen-bond donors (Lipinski definition) is 1. The number of nitrogens with one attached hydrogen (secondary N) is 1. The Balaban J connectivity index is 1.42. The third-order valence-electron chi connectivity index (χ3n) is 5.66. The summed E-state index contributed by atoms with van der Waals surface area (Å²) >= 11 is 0. The summed E-state index contributed by atoms with van der Waals surface area (Å²) in [5, 5.41) is 11.0. The molecular formula is C27H27N5O3. The molecule has 0 fully saturated rings. The van der Waals surface area contributed by atoms with Gasteiger partial charge in [-0.15, -0.1) is 5.10 Å². The average Bonchev–Trinajstić information content (AvgIpc) is 3.27. The molecule has 178 valence electrons. The largest absolute Gasteiger partial charge is 0.497 e. The number of nitrogens with zero attached hydrogens (tertiary/aromatic N) is 4. The van der Waals surface area contributed by atoms with Gasteiger partial charge in [-0.05, 0) is 55.8 Å². The van der Waals surface area contributed by atoms with Gasteiger partial charge in [0.15, 0.2) is 5.69 Å². The summed E-state index contributed by atoms with van der Waals surface area (Å²) in [7, 11) is 1.59. The lowest BCUT2D eigenvalue weighted by atomic mass is 10.1. The van der Waals surface area contributed by atoms with E-state index < -0.39 is 0 Å². The first-order valence-electron chi connectivity index (χ1n) is 11.3. The van der Waals surface area contributed by atoms with Crippen LogP contribution in [0.3, 0.4) is 0 Å². The van der Waals surface area contributed by atoms with Gasteiger partial charge in [-0.25, -0.2) is 4.68 Å². The normalized spacial score (nSPS) is 10.6. The number of likely N-dealkylation sites (N-methyl/N-ethyl adjacent to an activating group) is 1. The fourth-order valence-electron chi connectivity index (χ4n) is 3.80. The Morgan fingerprint density at radius 1 is 1.00 bits per heavy atom. The lowest BCUT2D eigenvalue weighted by Crippen LogP contribution is -2.31. The van der Waals surface area contributed by atoms with Crippen molar-refractivity contribution < 1.29 is 14.3 Å². The van der Waals surface area contributed by atoms with E-state index in [0.717, 1.165) is 16.9 Å². The molecule has 3 aromatic carbocycles. The van der Waals surface area contributed by atoms with Gasteiger partial charge in [0.05, 0.1) is 24.9 Å². The first-order valence-corrected chi connectivity index (χ1v) is 11.3. The Labute approximate surface area is 204 Å². The van der Waals surface area contributed by atoms with Crippen LogP contribution in [0, 0.1) is 6.92 Å². The number of hydrogen-bond acceptors (Lipinski definition) is 5. The summed E-state index contributed by atoms with van der Waals surface area (Å²) in [5.41, 5.74) is 3.94. The quantitative estimate of drug-likeness (QED) is 0.412. The van der Waals surface area contributed by atoms with Crippen LogP contribution in [0.15, 0.2) is 78.9 Å². The molecule has 1 heterocycles. The van der Waals surface area contributed by atoms with Gasteiger partial charge in [-0.2, -0.15) is 0 Å². The number of benzene rings is 3. The highest BCUT2D eigenvalue weighted by atomic mass is 16.5. The number of carbonyl (C=O) groups excluding carboxylic acids is 2. The molecule has 0 saturated heterocycles. The molecule has 8 heteroatoms. The summed E-state index contributed by atoms with van der Waals surface area (Å²) in [6.45, 7) is 4.33. The topological polar surface area (TPSA) is 89.4 Å². The Hall–Kier alpha value is -4.46. The lowest BCUT2D eigenvalue weighted by molar-refractivity contribution is -0.117. The van der Waals surface area contributed by atoms with Crippen LogP contribution in [0.25, 0.3) is 5.69 Å². The number of anilines is 2. The van der Waals surface area contributed by atoms with Crippen LogP contribution in [0.5, 0.6) is 5.75 Å². The molecule has 0 bridgehead atoms. The summed E-state index contributed by atoms with van der Waals surface area (Å²) < 4.78 is 6.86. The van der Waals surface area contributed by atoms with E-state index in [2.05, 4.69) is 15.6 Å². The van der Waals surface area contributed by atoms with Gasteiger partial charge in [0.2, 0.25) is 5.91 Å². The minimum Gasteiger partial charge on any atom is -0.497 e. The van der Waals surface area contributed by atoms with E-state index in [4.69, 9.17) is 4.74 Å². The van der Waals surface area contributed by atoms with Gasteiger partial charge in [0.25, 0.3) is 5.91 Å². The number of methoxy groups -OCH3 is 1. The van der Waals surface area contributed by atoms with Gasteiger partial charge in [-0.1, -0.05) is 41.6 Å². The molecule has 0 spiro atoms. The highest BCUT2D eigenvalue weighted by molar-refractivity contribution is 6.03. The van der Waals surface area contributed by atoms with Crippen LogP contribution in [0.4, 0.5) is 11.4 Å². The second-order valence-corrected chi connectivity index (χ2v) is 7.94. The minimum atomic E-state index is -0.360. The third kappa shape index (κ3) is 5.38. The van der Waals surface area contributed by atoms with E-state index in [-0.39, 0.29) is 23.9 Å². The number of carbonyl (C=O) groups is 2. The van der Waals surface area contributed by atoms with Crippen molar-refractivity contribution in [1.29, 1.82) is 0 Å². The number of aromatic nitrogens is 3. The van der Waals surface area contributed by atoms with Crippen molar-refractivity contribution in [2.45, 2.75) is 20.3 Å². The van der Waals surface area contributed by atoms with E-state index in [9.17, 15) is 9.59 Å². The maximum absolute atomic E-state index is 12.8. The monoisotopic (exact) mass is 469 g/mol. The number of para-hydroxylation sites is 1. The maximum Gasteiger partial charge on any atom is 0.278 e. The molecule has 4 rings (SSSR count). The molecule has 1 N–H and O–H groups in total. The van der Waals surface area contributed by atoms with Crippen LogP contribution < -0.4 is 15.0 Å². The Kier molecular flexibility index (Phi) is 7.21. The van der Waals surface area contributed by atoms with Crippen molar-refractivity contribution >= 4 is 23.2 Å². The predicted octanol–water partition coefficient (Wildman–Crippen LogP) is 4.43. The van der Waals surface area contributed by atoms with Gasteiger partial charge in [0, 0.05) is 24.0 Å². The Morgan fingerprint density at radius 2 is 1.74 bits per heavy atom. The second-order valence-electron chi connectivity index (χ2n) is 7.94. The predicted molar refractivity (Wildman–Crippen MR) is 135 cm³/mol. The molecule has 4 aromatic rings. The van der Waals surface area contributed by atoms with Crippen LogP contribution >= 0.6 is 0 Å². The SMILES string of the molecule is CCN(C(=O)Cc1ccc(NC(=O)c2nnn(-c3cccc(OC)c3)c2C)cc1)c1ccccc1. The van der Waals surface area contributed by atoms with Crippen LogP contribution in [-0.4, -0.2) is 40.5 Å². The first-order chi connectivity index (χ1) is 17.0. The second kappa shape index (κ2) is 10.6. The van der Waals surface area contributed by atoms with E-state index in [1.807, 2.05) is 73.7 Å². The summed E-state index contributed by atoms with van der Waals surface area (Å²) in [4.78, 5) is 27.4. The highest BCUT2D eigenvalue weighted by Gasteiger charge is 2.18. The van der Waals surface area contributed by atoms with Crippen molar-refractivity contribution in [3.8, 4) is 11.4 Å². The Bertz CT molecular complexity index is 1320. The molecule has 0 saturated carbocycles. The zero-order chi connectivity index (χ0) is 24.8. The van der Waals surface area contributed by atoms with Crippen molar-refractivity contribution in [1.82, 2.24) is 15.0 Å². The number of amides is 2. The maximum atomic E-state index is 12.8. The van der Waals surface area contributed by atoms with Crippen molar-refractivity contribution in [2.24, 2.45) is 0 Å². The zero-order valence-corrected chi connectivity index (χ0v) is 19.9. The molecular weight excluding hydrogens is 442 g/mol. The molecule has 1 aromatic heterocycles. The number of rotatable bonds is 8. The van der Waals surface area contributed by atoms with Gasteiger partial charge in [0.1, 0.15) is 5.75 Å². The molecule has 8 nitrogen and oxygen atoms in total. The molecule has 0 unspecified atom stereocenters. The van der Waals surface area contributed by atoms with E-state index in [0.29, 0.717) is 23.7 Å². The zero-order valence-electron chi connectivity index (χ0n) is 19.9. The molecule has 2 amide bonds. The van der Waals surface area contributed by atoms with Crippen LogP contribution in [0.1, 0.15) is 28.7 Å². The standard InChI is InChI=1S/C27H27N5O3/c1-4-31(22-9-6-5-7-10-22)25(33)17-20-13-15-21(16-14-20)28-27(34)26-19(2)32(30-29-26)23-11-8-12-24(18-23)35-3/h5-16,18H,4,17H2,1-3H3,(H,28,34). The van der Waals surface area contributed by atoms with Gasteiger partial charge >= 0.3 is 0 Å². The van der Waals surface area contributed by atoms with Crippen molar-refractivity contribution in [3.05, 3.63) is 95.8 Å². The van der Waals surface area contributed by atoms with Crippen molar-refractivity contribution in [3.63, 3.8) is 0 Å². The average molecular weight is 470 g/mol. The summed E-state index contributed by atoms with van der Waals surface area (Å²) in [5.74, 6) is 0.342. The highest BCUT2D eigenvalue weighted by Crippen LogP contribution is 2.20. The third-order valence-corrected chi connectivity index (χ3v) is 5.66. The smallest absolute Gasteiger partial charge is 0.278 e. The molecule has 35 heavy (non-hydrogen) atoms. The minimum absolute atomic E-state index is 0.0141. The fourth-order valence-corrected chi connectivity index (χ4v) is 3.80. The van der Waals surface area contributed by atoms with E-state index in [1.165, 1.54) is 0 Å². The number of ether oxygens (including phenoxy) is 1. The van der Waals surface area contributed by atoms with Gasteiger partial charge < -0.3 is 15.0 Å². The molecule has 0 aliphatic heterocycles. The molecule has 0 aliphatic carbocycles. The van der Waals surface area contributed by atoms with Crippen molar-refractivity contribution in [2.75, 3.05) is 23.9 Å². The summed E-state index contributed by atoms with van der Waals surface area (Å²) in [6, 6.07) is 24.2. The van der Waals surface area contributed by atoms with Crippen LogP contribution in [0.2, 0.25) is 0 Å². The molecule has 0 radical (unpaired) electrons. The summed E-state index contributed by atoms with van der Waals surface area (Å²) in [6.07, 6.45) is 0.269. The van der Waals surface area contributed by atoms with Crippen LogP contribution in [-0.2, 0) is 11.2 Å². The Morgan fingerprint density at radius 3 is 2.43 bits per heavy atom. The van der Waals surface area contributed by atoms with Gasteiger partial charge in [-0.3, -0.25) is 9.59 Å². The molecule has 0 aliphatic rings. The first kappa shape index (κ1) is 23.7. The van der Waals surface area contributed by atoms with E-state index in [1.54, 1.807) is 35.7 Å². The lowest BCUT2D eigenvalue weighted by Gasteiger charge is -2.21. The fraction of sp³-hybridized carbons (Fsp3) is 0.185. The van der Waals surface area contributed by atoms with E-state index >= 15 is 0 Å². The molecule has 0 atom stereocenters.